The van der Waals surface area contributed by atoms with Gasteiger partial charge in [-0.05, 0) is 31.9 Å². The van der Waals surface area contributed by atoms with Crippen LogP contribution in [0, 0.1) is 10.1 Å². The van der Waals surface area contributed by atoms with Crippen LogP contribution >= 0.6 is 0 Å². The van der Waals surface area contributed by atoms with Crippen molar-refractivity contribution in [3.05, 3.63) is 33.9 Å². The number of methoxy groups -OCH3 is 1. The van der Waals surface area contributed by atoms with Crippen LogP contribution in [0.1, 0.15) is 25.3 Å². The molecule has 1 N–H and O–H groups in total. The summed E-state index contributed by atoms with van der Waals surface area (Å²) >= 11 is 0. The molecule has 0 bridgehead atoms. The van der Waals surface area contributed by atoms with Gasteiger partial charge in [-0.2, -0.15) is 0 Å². The van der Waals surface area contributed by atoms with Crippen molar-refractivity contribution in [2.24, 2.45) is 0 Å². The van der Waals surface area contributed by atoms with Crippen molar-refractivity contribution in [1.29, 1.82) is 0 Å². The molecule has 1 unspecified atom stereocenters. The molecule has 1 aliphatic carbocycles. The molecule has 1 saturated carbocycles. The molecule has 0 aromatic heterocycles. The lowest BCUT2D eigenvalue weighted by Crippen LogP contribution is -2.23. The van der Waals surface area contributed by atoms with E-state index in [1.54, 1.807) is 19.1 Å². The van der Waals surface area contributed by atoms with E-state index in [1.807, 2.05) is 0 Å². The normalized spacial score (nSPS) is 18.5. The molecule has 2 rings (SSSR count). The van der Waals surface area contributed by atoms with Gasteiger partial charge in [0.05, 0.1) is 18.1 Å². The number of rotatable bonds is 4. The van der Waals surface area contributed by atoms with Crippen LogP contribution in [-0.4, -0.2) is 23.2 Å². The number of hydrogen-bond acceptors (Lipinski definition) is 4. The van der Waals surface area contributed by atoms with Gasteiger partial charge < -0.3 is 9.84 Å². The summed E-state index contributed by atoms with van der Waals surface area (Å²) in [5.41, 5.74) is 0.178. The van der Waals surface area contributed by atoms with E-state index >= 15 is 0 Å². The Labute approximate surface area is 99.2 Å². The molecule has 5 heteroatoms. The van der Waals surface area contributed by atoms with Crippen LogP contribution in [0.5, 0.6) is 5.75 Å². The number of nitro groups is 1. The SMILES string of the molecule is COc1ccc([N+](=O)[O-])c(C2(C(C)O)CC2)c1. The highest BCUT2D eigenvalue weighted by Crippen LogP contribution is 2.54. The molecule has 0 amide bonds. The van der Waals surface area contributed by atoms with Crippen LogP contribution in [0.25, 0.3) is 0 Å². The van der Waals surface area contributed by atoms with E-state index in [0.29, 0.717) is 11.3 Å². The van der Waals surface area contributed by atoms with Crippen LogP contribution in [0.4, 0.5) is 5.69 Å². The summed E-state index contributed by atoms with van der Waals surface area (Å²) < 4.78 is 5.09. The van der Waals surface area contributed by atoms with Crippen molar-refractivity contribution in [1.82, 2.24) is 0 Å². The highest BCUT2D eigenvalue weighted by Gasteiger charge is 2.51. The van der Waals surface area contributed by atoms with E-state index in [-0.39, 0.29) is 5.69 Å². The predicted octanol–water partition coefficient (Wildman–Crippen LogP) is 2.02. The maximum Gasteiger partial charge on any atom is 0.273 e. The fourth-order valence-electron chi connectivity index (χ4n) is 2.25. The van der Waals surface area contributed by atoms with E-state index in [9.17, 15) is 15.2 Å². The zero-order chi connectivity index (χ0) is 12.6. The summed E-state index contributed by atoms with van der Waals surface area (Å²) in [6.45, 7) is 1.68. The van der Waals surface area contributed by atoms with Crippen LogP contribution in [0.2, 0.25) is 0 Å². The second-order valence-corrected chi connectivity index (χ2v) is 4.47. The summed E-state index contributed by atoms with van der Waals surface area (Å²) in [5, 5.41) is 20.8. The Morgan fingerprint density at radius 1 is 1.53 bits per heavy atom. The Morgan fingerprint density at radius 2 is 2.18 bits per heavy atom. The van der Waals surface area contributed by atoms with Crippen LogP contribution in [0.15, 0.2) is 18.2 Å². The van der Waals surface area contributed by atoms with Crippen LogP contribution < -0.4 is 4.74 Å². The maximum atomic E-state index is 11.0. The fourth-order valence-corrected chi connectivity index (χ4v) is 2.25. The maximum absolute atomic E-state index is 11.0. The third-order valence-corrected chi connectivity index (χ3v) is 3.53. The quantitative estimate of drug-likeness (QED) is 0.642. The molecule has 0 radical (unpaired) electrons. The first-order valence-electron chi connectivity index (χ1n) is 5.52. The van der Waals surface area contributed by atoms with E-state index in [0.717, 1.165) is 12.8 Å². The van der Waals surface area contributed by atoms with Crippen molar-refractivity contribution in [2.75, 3.05) is 7.11 Å². The summed E-state index contributed by atoms with van der Waals surface area (Å²) in [5.74, 6) is 0.581. The number of hydrogen-bond donors (Lipinski definition) is 1. The number of nitro benzene ring substituents is 1. The first-order valence-corrected chi connectivity index (χ1v) is 5.52. The zero-order valence-corrected chi connectivity index (χ0v) is 9.84. The van der Waals surface area contributed by atoms with Crippen molar-refractivity contribution in [3.63, 3.8) is 0 Å². The van der Waals surface area contributed by atoms with Gasteiger partial charge in [-0.3, -0.25) is 10.1 Å². The number of benzene rings is 1. The molecular formula is C12H15NO4. The third-order valence-electron chi connectivity index (χ3n) is 3.53. The average Bonchev–Trinajstić information content (AvgIpc) is 3.09. The lowest BCUT2D eigenvalue weighted by molar-refractivity contribution is -0.386. The Hall–Kier alpha value is -1.62. The molecule has 0 saturated heterocycles. The summed E-state index contributed by atoms with van der Waals surface area (Å²) in [4.78, 5) is 10.6. The molecule has 1 aliphatic rings. The van der Waals surface area contributed by atoms with E-state index < -0.39 is 16.4 Å². The lowest BCUT2D eigenvalue weighted by Gasteiger charge is -2.19. The first kappa shape index (κ1) is 11.9. The van der Waals surface area contributed by atoms with Crippen molar-refractivity contribution < 1.29 is 14.8 Å². The van der Waals surface area contributed by atoms with E-state index in [4.69, 9.17) is 4.74 Å². The third kappa shape index (κ3) is 1.86. The van der Waals surface area contributed by atoms with Gasteiger partial charge >= 0.3 is 0 Å². The monoisotopic (exact) mass is 237 g/mol. The van der Waals surface area contributed by atoms with Crippen molar-refractivity contribution in [3.8, 4) is 5.75 Å². The Bertz CT molecular complexity index is 452. The smallest absolute Gasteiger partial charge is 0.273 e. The van der Waals surface area contributed by atoms with E-state index in [2.05, 4.69) is 0 Å². The Kier molecular flexibility index (Phi) is 2.79. The standard InChI is InChI=1S/C12H15NO4/c1-8(14)12(5-6-12)10-7-9(17-2)3-4-11(10)13(15)16/h3-4,7-8,14H,5-6H2,1-2H3. The largest absolute Gasteiger partial charge is 0.497 e. The van der Waals surface area contributed by atoms with Crippen LogP contribution in [-0.2, 0) is 5.41 Å². The Balaban J connectivity index is 2.53. The molecule has 1 atom stereocenters. The van der Waals surface area contributed by atoms with Crippen LogP contribution in [0.3, 0.4) is 0 Å². The summed E-state index contributed by atoms with van der Waals surface area (Å²) in [7, 11) is 1.52. The molecule has 92 valence electrons. The van der Waals surface area contributed by atoms with Gasteiger partial charge in [-0.25, -0.2) is 0 Å². The van der Waals surface area contributed by atoms with Crippen molar-refractivity contribution in [2.45, 2.75) is 31.3 Å². The highest BCUT2D eigenvalue weighted by atomic mass is 16.6. The number of aliphatic hydroxyl groups is 1. The minimum absolute atomic E-state index is 0.0594. The minimum Gasteiger partial charge on any atom is -0.497 e. The second kappa shape index (κ2) is 4.00. The summed E-state index contributed by atoms with van der Waals surface area (Å²) in [6, 6.07) is 4.67. The molecular weight excluding hydrogens is 222 g/mol. The first-order chi connectivity index (χ1) is 8.01. The van der Waals surface area contributed by atoms with E-state index in [1.165, 1.54) is 13.2 Å². The second-order valence-electron chi connectivity index (χ2n) is 4.47. The number of nitrogens with zero attached hydrogens (tertiary/aromatic N) is 1. The number of aliphatic hydroxyl groups excluding tert-OH is 1. The van der Waals surface area contributed by atoms with Gasteiger partial charge in [0, 0.05) is 17.0 Å². The molecule has 1 fully saturated rings. The lowest BCUT2D eigenvalue weighted by atomic mass is 9.89. The van der Waals surface area contributed by atoms with Gasteiger partial charge in [0.1, 0.15) is 5.75 Å². The molecule has 1 aromatic rings. The molecule has 5 nitrogen and oxygen atoms in total. The van der Waals surface area contributed by atoms with Gasteiger partial charge in [0.15, 0.2) is 0 Å². The molecule has 1 aromatic carbocycles. The minimum atomic E-state index is -0.590. The Morgan fingerprint density at radius 3 is 2.59 bits per heavy atom. The van der Waals surface area contributed by atoms with Gasteiger partial charge in [-0.1, -0.05) is 0 Å². The van der Waals surface area contributed by atoms with Crippen molar-refractivity contribution >= 4 is 5.69 Å². The van der Waals surface area contributed by atoms with Gasteiger partial charge in [0.2, 0.25) is 0 Å². The zero-order valence-electron chi connectivity index (χ0n) is 9.84. The molecule has 0 spiro atoms. The molecule has 0 heterocycles. The topological polar surface area (TPSA) is 72.6 Å². The van der Waals surface area contributed by atoms with Gasteiger partial charge in [-0.15, -0.1) is 0 Å². The highest BCUT2D eigenvalue weighted by molar-refractivity contribution is 5.52. The molecule has 17 heavy (non-hydrogen) atoms. The summed E-state index contributed by atoms with van der Waals surface area (Å²) in [6.07, 6.45) is 0.963. The number of ether oxygens (including phenoxy) is 1. The molecule has 0 aliphatic heterocycles. The fraction of sp³-hybridized carbons (Fsp3) is 0.500. The predicted molar refractivity (Wildman–Crippen MR) is 62.2 cm³/mol. The van der Waals surface area contributed by atoms with Gasteiger partial charge in [0.25, 0.3) is 5.69 Å². The average molecular weight is 237 g/mol.